The summed E-state index contributed by atoms with van der Waals surface area (Å²) in [6.45, 7) is 5.82. The lowest BCUT2D eigenvalue weighted by atomic mass is 10.0. The Morgan fingerprint density at radius 3 is 2.71 bits per heavy atom. The number of hydrogen-bond donors (Lipinski definition) is 1. The highest BCUT2D eigenvalue weighted by Gasteiger charge is 2.14. The minimum absolute atomic E-state index is 0.000151. The van der Waals surface area contributed by atoms with Gasteiger partial charge in [-0.25, -0.2) is 0 Å². The monoisotopic (exact) mass is 373 g/mol. The van der Waals surface area contributed by atoms with Crippen LogP contribution in [-0.2, 0) is 0 Å². The molecule has 0 aromatic heterocycles. The minimum atomic E-state index is -0.000151. The maximum atomic E-state index is 6.28. The molecule has 2 rings (SSSR count). The molecule has 2 N–H and O–H groups in total. The van der Waals surface area contributed by atoms with Crippen LogP contribution in [0.1, 0.15) is 30.9 Å². The van der Waals surface area contributed by atoms with Gasteiger partial charge in [-0.2, -0.15) is 0 Å². The van der Waals surface area contributed by atoms with E-state index in [1.165, 1.54) is 32.5 Å². The number of nitrogens with two attached hydrogens (primary N) is 1. The summed E-state index contributed by atoms with van der Waals surface area (Å²) in [5, 5.41) is 0.747. The lowest BCUT2D eigenvalue weighted by molar-refractivity contribution is 0.251. The molecule has 1 aromatic rings. The van der Waals surface area contributed by atoms with Crippen molar-refractivity contribution in [2.24, 2.45) is 5.73 Å². The first-order valence-corrected chi connectivity index (χ1v) is 8.85. The van der Waals surface area contributed by atoms with E-state index in [2.05, 4.69) is 32.8 Å². The van der Waals surface area contributed by atoms with E-state index in [9.17, 15) is 0 Å². The van der Waals surface area contributed by atoms with Crippen LogP contribution in [0.3, 0.4) is 0 Å². The highest BCUT2D eigenvalue weighted by atomic mass is 79.9. The molecule has 21 heavy (non-hydrogen) atoms. The average molecular weight is 375 g/mol. The quantitative estimate of drug-likeness (QED) is 0.792. The van der Waals surface area contributed by atoms with E-state index in [0.29, 0.717) is 0 Å². The molecular weight excluding hydrogens is 350 g/mol. The van der Waals surface area contributed by atoms with Crippen LogP contribution in [-0.4, -0.2) is 49.6 Å². The third-order valence-corrected chi connectivity index (χ3v) is 5.00. The van der Waals surface area contributed by atoms with E-state index in [-0.39, 0.29) is 6.04 Å². The fraction of sp³-hybridized carbons (Fsp3) is 0.625. The Bertz CT molecular complexity index is 449. The number of benzene rings is 1. The smallest absolute Gasteiger partial charge is 0.0464 e. The van der Waals surface area contributed by atoms with E-state index >= 15 is 0 Å². The van der Waals surface area contributed by atoms with Crippen molar-refractivity contribution < 1.29 is 0 Å². The second kappa shape index (κ2) is 8.49. The summed E-state index contributed by atoms with van der Waals surface area (Å²) in [6.07, 6.45) is 3.64. The molecule has 1 heterocycles. The molecule has 0 saturated carbocycles. The predicted molar refractivity (Wildman–Crippen MR) is 93.9 cm³/mol. The fourth-order valence-corrected chi connectivity index (χ4v) is 3.56. The van der Waals surface area contributed by atoms with Crippen LogP contribution in [0.5, 0.6) is 0 Å². The topological polar surface area (TPSA) is 32.5 Å². The summed E-state index contributed by atoms with van der Waals surface area (Å²) in [5.41, 5.74) is 7.31. The lowest BCUT2D eigenvalue weighted by Gasteiger charge is -2.23. The van der Waals surface area contributed by atoms with Gasteiger partial charge in [-0.05, 0) is 63.6 Å². The predicted octanol–water partition coefficient (Wildman–Crippen LogP) is 3.52. The lowest BCUT2D eigenvalue weighted by Crippen LogP contribution is -2.33. The van der Waals surface area contributed by atoms with Gasteiger partial charge in [0, 0.05) is 28.6 Å². The van der Waals surface area contributed by atoms with Gasteiger partial charge < -0.3 is 15.5 Å². The van der Waals surface area contributed by atoms with Crippen molar-refractivity contribution in [3.05, 3.63) is 33.3 Å². The molecule has 5 heteroatoms. The van der Waals surface area contributed by atoms with Gasteiger partial charge in [-0.3, -0.25) is 0 Å². The standard InChI is InChI=1S/C16H25BrClN3/c1-20(10-11-21-7-2-3-8-21)9-6-16(19)14-5-4-13(17)12-15(14)18/h4-5,12,16H,2-3,6-11,19H2,1H3. The van der Waals surface area contributed by atoms with Gasteiger partial charge in [0.1, 0.15) is 0 Å². The molecule has 1 aliphatic rings. The van der Waals surface area contributed by atoms with Crippen LogP contribution < -0.4 is 5.73 Å². The number of likely N-dealkylation sites (N-methyl/N-ethyl adjacent to an activating group) is 1. The SMILES string of the molecule is CN(CCC(N)c1ccc(Br)cc1Cl)CCN1CCCC1. The van der Waals surface area contributed by atoms with Crippen LogP contribution in [0.25, 0.3) is 0 Å². The number of likely N-dealkylation sites (tertiary alicyclic amines) is 1. The molecule has 3 nitrogen and oxygen atoms in total. The summed E-state index contributed by atoms with van der Waals surface area (Å²) in [5.74, 6) is 0. The Hall–Kier alpha value is -0.130. The molecule has 0 spiro atoms. The average Bonchev–Trinajstić information content (AvgIpc) is 2.95. The van der Waals surface area contributed by atoms with E-state index < -0.39 is 0 Å². The Morgan fingerprint density at radius 2 is 2.05 bits per heavy atom. The Morgan fingerprint density at radius 1 is 1.33 bits per heavy atom. The Labute approximate surface area is 141 Å². The molecule has 0 aliphatic carbocycles. The maximum Gasteiger partial charge on any atom is 0.0464 e. The third-order valence-electron chi connectivity index (χ3n) is 4.18. The molecular formula is C16H25BrClN3. The summed E-state index contributed by atoms with van der Waals surface area (Å²) < 4.78 is 0.992. The van der Waals surface area contributed by atoms with Crippen LogP contribution in [0.4, 0.5) is 0 Å². The van der Waals surface area contributed by atoms with Gasteiger partial charge in [-0.1, -0.05) is 33.6 Å². The Balaban J connectivity index is 1.73. The first kappa shape index (κ1) is 17.2. The first-order chi connectivity index (χ1) is 10.1. The normalized spacial score (nSPS) is 17.6. The molecule has 0 amide bonds. The minimum Gasteiger partial charge on any atom is -0.324 e. The summed E-state index contributed by atoms with van der Waals surface area (Å²) >= 11 is 9.68. The molecule has 1 aliphatic heterocycles. The number of hydrogen-bond acceptors (Lipinski definition) is 3. The fourth-order valence-electron chi connectivity index (χ4n) is 2.75. The molecule has 1 aromatic carbocycles. The zero-order valence-electron chi connectivity index (χ0n) is 12.7. The van der Waals surface area contributed by atoms with Crippen molar-refractivity contribution in [2.75, 3.05) is 39.8 Å². The van der Waals surface area contributed by atoms with Crippen LogP contribution in [0.2, 0.25) is 5.02 Å². The second-order valence-corrected chi connectivity index (χ2v) is 7.24. The van der Waals surface area contributed by atoms with E-state index in [0.717, 1.165) is 34.6 Å². The van der Waals surface area contributed by atoms with Crippen LogP contribution >= 0.6 is 27.5 Å². The zero-order chi connectivity index (χ0) is 15.2. The van der Waals surface area contributed by atoms with Gasteiger partial charge >= 0.3 is 0 Å². The van der Waals surface area contributed by atoms with E-state index in [1.807, 2.05) is 18.2 Å². The first-order valence-electron chi connectivity index (χ1n) is 7.67. The molecule has 0 radical (unpaired) electrons. The van der Waals surface area contributed by atoms with Crippen molar-refractivity contribution in [1.29, 1.82) is 0 Å². The van der Waals surface area contributed by atoms with Crippen molar-refractivity contribution in [1.82, 2.24) is 9.80 Å². The highest BCUT2D eigenvalue weighted by Crippen LogP contribution is 2.26. The molecule has 1 unspecified atom stereocenters. The molecule has 1 atom stereocenters. The molecule has 1 saturated heterocycles. The number of nitrogens with zero attached hydrogens (tertiary/aromatic N) is 2. The van der Waals surface area contributed by atoms with Crippen LogP contribution in [0.15, 0.2) is 22.7 Å². The third kappa shape index (κ3) is 5.53. The van der Waals surface area contributed by atoms with Crippen molar-refractivity contribution >= 4 is 27.5 Å². The van der Waals surface area contributed by atoms with Gasteiger partial charge in [0.05, 0.1) is 0 Å². The van der Waals surface area contributed by atoms with E-state index in [1.54, 1.807) is 0 Å². The number of rotatable bonds is 7. The van der Waals surface area contributed by atoms with Crippen molar-refractivity contribution in [2.45, 2.75) is 25.3 Å². The van der Waals surface area contributed by atoms with Gasteiger partial charge in [-0.15, -0.1) is 0 Å². The summed E-state index contributed by atoms with van der Waals surface area (Å²) in [7, 11) is 2.17. The molecule has 118 valence electrons. The Kier molecular flexibility index (Phi) is 6.96. The van der Waals surface area contributed by atoms with Crippen LogP contribution in [0, 0.1) is 0 Å². The largest absolute Gasteiger partial charge is 0.324 e. The van der Waals surface area contributed by atoms with Gasteiger partial charge in [0.2, 0.25) is 0 Å². The summed E-state index contributed by atoms with van der Waals surface area (Å²) in [4.78, 5) is 4.91. The number of halogens is 2. The van der Waals surface area contributed by atoms with Crippen molar-refractivity contribution in [3.63, 3.8) is 0 Å². The highest BCUT2D eigenvalue weighted by molar-refractivity contribution is 9.10. The zero-order valence-corrected chi connectivity index (χ0v) is 15.0. The maximum absolute atomic E-state index is 6.28. The molecule has 0 bridgehead atoms. The van der Waals surface area contributed by atoms with Gasteiger partial charge in [0.15, 0.2) is 0 Å². The molecule has 1 fully saturated rings. The van der Waals surface area contributed by atoms with Gasteiger partial charge in [0.25, 0.3) is 0 Å². The summed E-state index contributed by atoms with van der Waals surface area (Å²) in [6, 6.07) is 5.92. The van der Waals surface area contributed by atoms with Crippen molar-refractivity contribution in [3.8, 4) is 0 Å². The second-order valence-electron chi connectivity index (χ2n) is 5.91. The van der Waals surface area contributed by atoms with E-state index in [4.69, 9.17) is 17.3 Å².